The maximum absolute atomic E-state index is 11.9. The van der Waals surface area contributed by atoms with Crippen molar-refractivity contribution in [3.05, 3.63) is 28.7 Å². The summed E-state index contributed by atoms with van der Waals surface area (Å²) in [4.78, 5) is 15.2. The van der Waals surface area contributed by atoms with E-state index in [0.717, 1.165) is 12.4 Å². The van der Waals surface area contributed by atoms with Gasteiger partial charge in [0.25, 0.3) is 0 Å². The van der Waals surface area contributed by atoms with Gasteiger partial charge in [-0.15, -0.1) is 0 Å². The molecule has 0 aliphatic carbocycles. The summed E-state index contributed by atoms with van der Waals surface area (Å²) in [6.45, 7) is -0.407. The van der Waals surface area contributed by atoms with Crippen LogP contribution in [0, 0.1) is 5.82 Å². The Morgan fingerprint density at radius 3 is 2.33 bits per heavy atom. The molecule has 0 saturated carbocycles. The monoisotopic (exact) mass is 264 g/mol. The van der Waals surface area contributed by atoms with Gasteiger partial charge in [0, 0.05) is 6.20 Å². The van der Waals surface area contributed by atoms with E-state index in [1.807, 2.05) is 0 Å². The number of halogens is 1. The van der Waals surface area contributed by atoms with Gasteiger partial charge >= 0.3 is 5.69 Å². The number of aromatic nitrogens is 2. The van der Waals surface area contributed by atoms with Crippen LogP contribution >= 0.6 is 0 Å². The molecule has 102 valence electrons. The van der Waals surface area contributed by atoms with E-state index in [2.05, 4.69) is 14.7 Å². The Balaban J connectivity index is 0.000000184. The van der Waals surface area contributed by atoms with Crippen molar-refractivity contribution in [2.45, 2.75) is 24.6 Å². The van der Waals surface area contributed by atoms with Gasteiger partial charge in [0.05, 0.1) is 12.8 Å². The minimum Gasteiger partial charge on any atom is -0.394 e. The topological polar surface area (TPSA) is 136 Å². The summed E-state index contributed by atoms with van der Waals surface area (Å²) in [6.07, 6.45) is -2.94. The molecule has 2 rings (SSSR count). The number of rotatable bonds is 1. The molecule has 0 bridgehead atoms. The Morgan fingerprint density at radius 1 is 1.39 bits per heavy atom. The second-order valence-corrected chi connectivity index (χ2v) is 3.47. The van der Waals surface area contributed by atoms with Gasteiger partial charge in [0.2, 0.25) is 0 Å². The Labute approximate surface area is 100 Å². The quantitative estimate of drug-likeness (QED) is 0.373. The van der Waals surface area contributed by atoms with Crippen LogP contribution in [0.25, 0.3) is 0 Å². The van der Waals surface area contributed by atoms with Crippen LogP contribution in [-0.2, 0) is 4.74 Å². The highest BCUT2D eigenvalue weighted by Gasteiger charge is 2.41. The molecule has 1 fully saturated rings. The lowest BCUT2D eigenvalue weighted by Crippen LogP contribution is -2.33. The fourth-order valence-electron chi connectivity index (χ4n) is 1.21. The Hall–Kier alpha value is -1.39. The highest BCUT2D eigenvalue weighted by molar-refractivity contribution is 4.84. The number of nitrogens with one attached hydrogen (secondary N) is 1. The first-order valence-electron chi connectivity index (χ1n) is 4.96. The number of aromatic amines is 1. The van der Waals surface area contributed by atoms with Crippen molar-refractivity contribution in [2.75, 3.05) is 6.61 Å². The van der Waals surface area contributed by atoms with E-state index in [1.165, 1.54) is 0 Å². The first-order valence-corrected chi connectivity index (χ1v) is 4.96. The highest BCUT2D eigenvalue weighted by Crippen LogP contribution is 2.18. The van der Waals surface area contributed by atoms with E-state index in [1.54, 1.807) is 0 Å². The summed E-state index contributed by atoms with van der Waals surface area (Å²) in [7, 11) is 0. The predicted octanol–water partition coefficient (Wildman–Crippen LogP) is -2.67. The van der Waals surface area contributed by atoms with Gasteiger partial charge < -0.3 is 30.1 Å². The first kappa shape index (κ1) is 14.7. The number of aliphatic hydroxyl groups is 4. The SMILES string of the molecule is O=c1ncc(F)c[nH]1.OC[C@H]1OC(O)[C@H](O)[C@@H]1O. The van der Waals surface area contributed by atoms with Gasteiger partial charge in [-0.1, -0.05) is 0 Å². The Kier molecular flexibility index (Phi) is 5.31. The molecule has 4 atom stereocenters. The zero-order valence-electron chi connectivity index (χ0n) is 9.10. The van der Waals surface area contributed by atoms with Crippen molar-refractivity contribution >= 4 is 0 Å². The molecule has 0 aromatic carbocycles. The van der Waals surface area contributed by atoms with Crippen molar-refractivity contribution in [3.63, 3.8) is 0 Å². The largest absolute Gasteiger partial charge is 0.394 e. The summed E-state index contributed by atoms with van der Waals surface area (Å²) in [5.41, 5.74) is -0.536. The molecule has 0 spiro atoms. The van der Waals surface area contributed by atoms with Crippen LogP contribution in [0.2, 0.25) is 0 Å². The predicted molar refractivity (Wildman–Crippen MR) is 54.8 cm³/mol. The molecule has 1 aromatic heterocycles. The van der Waals surface area contributed by atoms with Crippen LogP contribution in [0.3, 0.4) is 0 Å². The lowest BCUT2D eigenvalue weighted by Gasteiger charge is -2.09. The fourth-order valence-corrected chi connectivity index (χ4v) is 1.21. The average Bonchev–Trinajstić information content (AvgIpc) is 2.61. The van der Waals surface area contributed by atoms with Crippen LogP contribution in [-0.4, -0.2) is 61.6 Å². The van der Waals surface area contributed by atoms with E-state index in [4.69, 9.17) is 20.4 Å². The van der Waals surface area contributed by atoms with Crippen LogP contribution in [0.1, 0.15) is 0 Å². The molecule has 18 heavy (non-hydrogen) atoms. The van der Waals surface area contributed by atoms with E-state index >= 15 is 0 Å². The van der Waals surface area contributed by atoms with E-state index < -0.39 is 42.7 Å². The lowest BCUT2D eigenvalue weighted by molar-refractivity contribution is -0.132. The standard InChI is InChI=1S/C5H10O5.C4H3FN2O/c6-1-2-3(7)4(8)5(9)10-2;5-3-1-6-4(8)7-2-3/h2-9H,1H2;1-2H,(H,6,7,8)/t2-,3-,4-,5?;/m1./s1. The summed E-state index contributed by atoms with van der Waals surface area (Å²) >= 11 is 0. The summed E-state index contributed by atoms with van der Waals surface area (Å²) in [6, 6.07) is 0. The minimum atomic E-state index is -1.38. The van der Waals surface area contributed by atoms with Gasteiger partial charge in [-0.2, -0.15) is 4.98 Å². The smallest absolute Gasteiger partial charge is 0.345 e. The van der Waals surface area contributed by atoms with Crippen LogP contribution in [0.15, 0.2) is 17.2 Å². The third-order valence-corrected chi connectivity index (χ3v) is 2.16. The molecule has 1 saturated heterocycles. The zero-order valence-corrected chi connectivity index (χ0v) is 9.10. The van der Waals surface area contributed by atoms with Gasteiger partial charge in [-0.05, 0) is 0 Å². The lowest BCUT2D eigenvalue weighted by atomic mass is 10.1. The fraction of sp³-hybridized carbons (Fsp3) is 0.556. The Morgan fingerprint density at radius 2 is 2.06 bits per heavy atom. The van der Waals surface area contributed by atoms with E-state index in [9.17, 15) is 9.18 Å². The van der Waals surface area contributed by atoms with Crippen LogP contribution in [0.5, 0.6) is 0 Å². The van der Waals surface area contributed by atoms with Crippen molar-refractivity contribution in [1.29, 1.82) is 0 Å². The van der Waals surface area contributed by atoms with Gasteiger partial charge in [0.15, 0.2) is 12.1 Å². The van der Waals surface area contributed by atoms with E-state index in [-0.39, 0.29) is 0 Å². The maximum Gasteiger partial charge on any atom is 0.345 e. The molecule has 1 unspecified atom stereocenters. The molecule has 5 N–H and O–H groups in total. The molecule has 8 nitrogen and oxygen atoms in total. The second-order valence-electron chi connectivity index (χ2n) is 3.47. The molecular formula is C9H13FN2O6. The summed E-state index contributed by atoms with van der Waals surface area (Å²) < 4.78 is 16.4. The molecule has 0 radical (unpaired) electrons. The molecule has 0 amide bonds. The molecule has 1 aromatic rings. The molecule has 1 aliphatic heterocycles. The number of aliphatic hydroxyl groups excluding tert-OH is 4. The van der Waals surface area contributed by atoms with Crippen LogP contribution in [0.4, 0.5) is 4.39 Å². The highest BCUT2D eigenvalue weighted by atomic mass is 19.1. The molecule has 1 aliphatic rings. The number of hydrogen-bond acceptors (Lipinski definition) is 7. The molecule has 9 heteroatoms. The average molecular weight is 264 g/mol. The van der Waals surface area contributed by atoms with Gasteiger partial charge in [-0.3, -0.25) is 0 Å². The molecular weight excluding hydrogens is 251 g/mol. The first-order chi connectivity index (χ1) is 8.45. The molecule has 2 heterocycles. The van der Waals surface area contributed by atoms with Crippen molar-refractivity contribution in [2.24, 2.45) is 0 Å². The van der Waals surface area contributed by atoms with Crippen molar-refractivity contribution < 1.29 is 29.6 Å². The summed E-state index contributed by atoms with van der Waals surface area (Å²) in [5.74, 6) is -0.537. The normalized spacial score (nSPS) is 30.7. The van der Waals surface area contributed by atoms with Crippen molar-refractivity contribution in [3.8, 4) is 0 Å². The number of H-pyrrole nitrogens is 1. The maximum atomic E-state index is 11.9. The van der Waals surface area contributed by atoms with Gasteiger partial charge in [0.1, 0.15) is 18.3 Å². The van der Waals surface area contributed by atoms with Crippen LogP contribution < -0.4 is 5.69 Å². The zero-order chi connectivity index (χ0) is 13.7. The van der Waals surface area contributed by atoms with Crippen molar-refractivity contribution in [1.82, 2.24) is 9.97 Å². The van der Waals surface area contributed by atoms with Gasteiger partial charge in [-0.25, -0.2) is 9.18 Å². The van der Waals surface area contributed by atoms with E-state index in [0.29, 0.717) is 0 Å². The third kappa shape index (κ3) is 3.82. The minimum absolute atomic E-state index is 0.407. The number of ether oxygens (including phenoxy) is 1. The second kappa shape index (κ2) is 6.52. The Bertz CT molecular complexity index is 407. The number of nitrogens with zero attached hydrogens (tertiary/aromatic N) is 1. The number of hydrogen-bond donors (Lipinski definition) is 5. The third-order valence-electron chi connectivity index (χ3n) is 2.16. The summed E-state index contributed by atoms with van der Waals surface area (Å²) in [5, 5.41) is 35.0.